The molecule has 0 amide bonds. The Balaban J connectivity index is 1.62. The summed E-state index contributed by atoms with van der Waals surface area (Å²) in [6.07, 6.45) is 2.72. The first-order valence-electron chi connectivity index (χ1n) is 7.07. The molecule has 2 aromatic carbocycles. The summed E-state index contributed by atoms with van der Waals surface area (Å²) >= 11 is 1.71. The first kappa shape index (κ1) is 14.7. The largest absolute Gasteiger partial charge is 0.377 e. The maximum absolute atomic E-state index is 5.31. The molecule has 0 saturated heterocycles. The second-order valence-corrected chi connectivity index (χ2v) is 5.67. The number of para-hydroxylation sites is 1. The average Bonchev–Trinajstić information content (AvgIpc) is 3.01. The van der Waals surface area contributed by atoms with E-state index in [1.54, 1.807) is 11.8 Å². The van der Waals surface area contributed by atoms with Gasteiger partial charge in [-0.15, -0.1) is 11.8 Å². The van der Waals surface area contributed by atoms with E-state index >= 15 is 0 Å². The number of nitrogens with zero attached hydrogens (tertiary/aromatic N) is 2. The number of anilines is 1. The van der Waals surface area contributed by atoms with Crippen molar-refractivity contribution in [2.24, 2.45) is 0 Å². The highest BCUT2D eigenvalue weighted by atomic mass is 32.2. The van der Waals surface area contributed by atoms with Gasteiger partial charge in [0.1, 0.15) is 0 Å². The Labute approximate surface area is 133 Å². The second-order valence-electron chi connectivity index (χ2n) is 4.82. The lowest BCUT2D eigenvalue weighted by atomic mass is 10.1. The van der Waals surface area contributed by atoms with Crippen molar-refractivity contribution >= 4 is 17.4 Å². The van der Waals surface area contributed by atoms with Crippen LogP contribution in [0.1, 0.15) is 17.3 Å². The van der Waals surface area contributed by atoms with Crippen molar-refractivity contribution in [3.8, 4) is 0 Å². The lowest BCUT2D eigenvalue weighted by Crippen LogP contribution is -2.02. The molecule has 1 heterocycles. The van der Waals surface area contributed by atoms with Gasteiger partial charge in [-0.1, -0.05) is 47.6 Å². The summed E-state index contributed by atoms with van der Waals surface area (Å²) < 4.78 is 5.31. The monoisotopic (exact) mass is 311 g/mol. The molecule has 5 heteroatoms. The minimum atomic E-state index is 0.551. The van der Waals surface area contributed by atoms with Gasteiger partial charge < -0.3 is 9.84 Å². The van der Waals surface area contributed by atoms with E-state index in [-0.39, 0.29) is 0 Å². The number of nitrogens with one attached hydrogen (secondary N) is 1. The molecular formula is C17H17N3OS. The van der Waals surface area contributed by atoms with Crippen LogP contribution in [0.4, 0.5) is 5.69 Å². The van der Waals surface area contributed by atoms with Crippen LogP contribution < -0.4 is 5.32 Å². The van der Waals surface area contributed by atoms with Crippen LogP contribution in [0.2, 0.25) is 0 Å². The highest BCUT2D eigenvalue weighted by Gasteiger charge is 2.08. The van der Waals surface area contributed by atoms with E-state index in [1.807, 2.05) is 30.3 Å². The van der Waals surface area contributed by atoms with Gasteiger partial charge in [0, 0.05) is 10.6 Å². The molecule has 0 bridgehead atoms. The Morgan fingerprint density at radius 3 is 2.64 bits per heavy atom. The van der Waals surface area contributed by atoms with Gasteiger partial charge in [0.2, 0.25) is 5.89 Å². The Morgan fingerprint density at radius 1 is 1.05 bits per heavy atom. The fourth-order valence-corrected chi connectivity index (χ4v) is 2.74. The Morgan fingerprint density at radius 2 is 1.82 bits per heavy atom. The zero-order valence-electron chi connectivity index (χ0n) is 12.3. The molecule has 0 unspecified atom stereocenters. The van der Waals surface area contributed by atoms with Crippen LogP contribution in [0.25, 0.3) is 0 Å². The summed E-state index contributed by atoms with van der Waals surface area (Å²) in [5.74, 6) is 1.31. The van der Waals surface area contributed by atoms with Gasteiger partial charge >= 0.3 is 0 Å². The van der Waals surface area contributed by atoms with Crippen LogP contribution in [0, 0.1) is 0 Å². The Bertz CT molecular complexity index is 728. The first-order valence-corrected chi connectivity index (χ1v) is 8.30. The van der Waals surface area contributed by atoms with Crippen LogP contribution >= 0.6 is 11.8 Å². The summed E-state index contributed by atoms with van der Waals surface area (Å²) in [5.41, 5.74) is 2.25. The van der Waals surface area contributed by atoms with Crippen LogP contribution in [-0.4, -0.2) is 16.4 Å². The van der Waals surface area contributed by atoms with Gasteiger partial charge in [-0.05, 0) is 24.0 Å². The molecule has 0 atom stereocenters. The molecular weight excluding hydrogens is 294 g/mol. The molecule has 0 aliphatic heterocycles. The van der Waals surface area contributed by atoms with Crippen molar-refractivity contribution < 1.29 is 4.52 Å². The van der Waals surface area contributed by atoms with Crippen LogP contribution in [0.5, 0.6) is 0 Å². The zero-order valence-corrected chi connectivity index (χ0v) is 13.1. The van der Waals surface area contributed by atoms with Gasteiger partial charge in [0.05, 0.1) is 13.0 Å². The predicted molar refractivity (Wildman–Crippen MR) is 89.1 cm³/mol. The van der Waals surface area contributed by atoms with Crippen LogP contribution in [0.15, 0.2) is 64.0 Å². The SMILES string of the molecule is CSc1ccccc1NCc1noc(Cc2ccccc2)n1. The van der Waals surface area contributed by atoms with E-state index in [2.05, 4.69) is 46.0 Å². The average molecular weight is 311 g/mol. The third-order valence-electron chi connectivity index (χ3n) is 3.25. The summed E-state index contributed by atoms with van der Waals surface area (Å²) in [7, 11) is 0. The van der Waals surface area contributed by atoms with Crippen molar-refractivity contribution in [1.29, 1.82) is 0 Å². The van der Waals surface area contributed by atoms with Crippen molar-refractivity contribution in [3.05, 3.63) is 71.9 Å². The summed E-state index contributed by atoms with van der Waals surface area (Å²) in [6, 6.07) is 18.3. The molecule has 4 nitrogen and oxygen atoms in total. The smallest absolute Gasteiger partial charge is 0.231 e. The first-order chi connectivity index (χ1) is 10.8. The second kappa shape index (κ2) is 7.13. The Hall–Kier alpha value is -2.27. The van der Waals surface area contributed by atoms with Crippen molar-refractivity contribution in [2.75, 3.05) is 11.6 Å². The Kier molecular flexibility index (Phi) is 4.75. The van der Waals surface area contributed by atoms with Gasteiger partial charge in [0.25, 0.3) is 0 Å². The fraction of sp³-hybridized carbons (Fsp3) is 0.176. The van der Waals surface area contributed by atoms with Gasteiger partial charge in [-0.3, -0.25) is 0 Å². The fourth-order valence-electron chi connectivity index (χ4n) is 2.17. The van der Waals surface area contributed by atoms with Crippen LogP contribution in [0.3, 0.4) is 0 Å². The predicted octanol–water partition coefficient (Wildman–Crippen LogP) is 3.99. The van der Waals surface area contributed by atoms with E-state index in [9.17, 15) is 0 Å². The number of hydrogen-bond acceptors (Lipinski definition) is 5. The number of aromatic nitrogens is 2. The van der Waals surface area contributed by atoms with Crippen LogP contribution in [-0.2, 0) is 13.0 Å². The molecule has 1 aromatic heterocycles. The summed E-state index contributed by atoms with van der Waals surface area (Å²) in [6.45, 7) is 0.551. The maximum atomic E-state index is 5.31. The standard InChI is InChI=1S/C17H17N3OS/c1-22-15-10-6-5-9-14(15)18-12-16-19-17(21-20-16)11-13-7-3-2-4-8-13/h2-10,18H,11-12H2,1H3. The van der Waals surface area contributed by atoms with Gasteiger partial charge in [0.15, 0.2) is 5.82 Å². The van der Waals surface area contributed by atoms with E-state index in [1.165, 1.54) is 10.5 Å². The maximum Gasteiger partial charge on any atom is 0.231 e. The molecule has 1 N–H and O–H groups in total. The molecule has 112 valence electrons. The highest BCUT2D eigenvalue weighted by Crippen LogP contribution is 2.24. The zero-order chi connectivity index (χ0) is 15.2. The lowest BCUT2D eigenvalue weighted by molar-refractivity contribution is 0.380. The van der Waals surface area contributed by atoms with Crippen molar-refractivity contribution in [3.63, 3.8) is 0 Å². The highest BCUT2D eigenvalue weighted by molar-refractivity contribution is 7.98. The third-order valence-corrected chi connectivity index (χ3v) is 4.05. The molecule has 0 saturated carbocycles. The quantitative estimate of drug-likeness (QED) is 0.697. The number of hydrogen-bond donors (Lipinski definition) is 1. The number of rotatable bonds is 6. The normalized spacial score (nSPS) is 10.6. The van der Waals surface area contributed by atoms with Crippen molar-refractivity contribution in [2.45, 2.75) is 17.9 Å². The summed E-state index contributed by atoms with van der Waals surface area (Å²) in [4.78, 5) is 5.63. The molecule has 0 radical (unpaired) electrons. The third kappa shape index (κ3) is 3.68. The molecule has 0 aliphatic carbocycles. The van der Waals surface area contributed by atoms with Crippen molar-refractivity contribution in [1.82, 2.24) is 10.1 Å². The molecule has 0 spiro atoms. The van der Waals surface area contributed by atoms with Gasteiger partial charge in [-0.2, -0.15) is 4.98 Å². The molecule has 0 fully saturated rings. The van der Waals surface area contributed by atoms with E-state index in [0.29, 0.717) is 24.7 Å². The molecule has 3 rings (SSSR count). The van der Waals surface area contributed by atoms with E-state index in [4.69, 9.17) is 4.52 Å². The van der Waals surface area contributed by atoms with E-state index < -0.39 is 0 Å². The molecule has 3 aromatic rings. The topological polar surface area (TPSA) is 51.0 Å². The minimum absolute atomic E-state index is 0.551. The minimum Gasteiger partial charge on any atom is -0.377 e. The van der Waals surface area contributed by atoms with Gasteiger partial charge in [-0.25, -0.2) is 0 Å². The molecule has 22 heavy (non-hydrogen) atoms. The summed E-state index contributed by atoms with van der Waals surface area (Å²) in [5, 5.41) is 7.38. The van der Waals surface area contributed by atoms with E-state index in [0.717, 1.165) is 5.69 Å². The number of thioether (sulfide) groups is 1. The number of benzene rings is 2. The molecule has 0 aliphatic rings. The lowest BCUT2D eigenvalue weighted by Gasteiger charge is -2.07.